The number of aryl methyl sites for hydroxylation is 4. The van der Waals surface area contributed by atoms with E-state index < -0.39 is 61.0 Å². The molecule has 0 spiro atoms. The van der Waals surface area contributed by atoms with E-state index in [4.69, 9.17) is 4.11 Å². The van der Waals surface area contributed by atoms with Gasteiger partial charge < -0.3 is 25.2 Å². The van der Waals surface area contributed by atoms with E-state index in [2.05, 4.69) is 5.32 Å². The van der Waals surface area contributed by atoms with E-state index in [1.54, 1.807) is 38.1 Å². The summed E-state index contributed by atoms with van der Waals surface area (Å²) in [5.74, 6) is -7.39. The normalized spacial score (nSPS) is 16.7. The average Bonchev–Trinajstić information content (AvgIpc) is 3.38. The molecule has 8 heteroatoms. The van der Waals surface area contributed by atoms with Gasteiger partial charge in [0.1, 0.15) is 5.82 Å². The largest absolute Gasteiger partial charge is 0.481 e. The van der Waals surface area contributed by atoms with Crippen LogP contribution in [0.4, 0.5) is 10.1 Å². The van der Waals surface area contributed by atoms with Gasteiger partial charge >= 0.3 is 5.97 Å². The Hall–Kier alpha value is -4.27. The number of anilines is 1. The fraction of sp³-hybridized carbons (Fsp3) is 0.415. The monoisotopic (exact) mass is 675 g/mol. The lowest BCUT2D eigenvalue weighted by molar-refractivity contribution is -0.139. The molecule has 4 aromatic rings. The minimum atomic E-state index is -3.20. The van der Waals surface area contributed by atoms with Crippen LogP contribution in [-0.2, 0) is 4.79 Å². The van der Waals surface area contributed by atoms with Gasteiger partial charge in [-0.3, -0.25) is 9.59 Å². The molecule has 0 aliphatic rings. The molecule has 0 radical (unpaired) electrons. The van der Waals surface area contributed by atoms with E-state index >= 15 is 4.79 Å². The second-order valence-corrected chi connectivity index (χ2v) is 13.4. The summed E-state index contributed by atoms with van der Waals surface area (Å²) >= 11 is 0. The van der Waals surface area contributed by atoms with E-state index in [0.717, 1.165) is 22.3 Å². The van der Waals surface area contributed by atoms with Crippen LogP contribution < -0.4 is 5.32 Å². The number of hydrogen-bond acceptors (Lipinski definition) is 4. The first-order chi connectivity index (χ1) is 24.9. The third-order valence-corrected chi connectivity index (χ3v) is 9.26. The summed E-state index contributed by atoms with van der Waals surface area (Å²) < 4.78 is 62.1. The number of amides is 1. The molecule has 0 aliphatic heterocycles. The van der Waals surface area contributed by atoms with Crippen LogP contribution in [0.2, 0.25) is 0 Å². The van der Waals surface area contributed by atoms with Crippen LogP contribution in [0.15, 0.2) is 54.6 Å². The summed E-state index contributed by atoms with van der Waals surface area (Å²) in [7, 11) is 0. The summed E-state index contributed by atoms with van der Waals surface area (Å²) in [6.45, 7) is 10.3. The summed E-state index contributed by atoms with van der Waals surface area (Å²) in [6.07, 6.45) is -3.80. The molecule has 0 aliphatic carbocycles. The van der Waals surface area contributed by atoms with Crippen LogP contribution >= 0.6 is 0 Å². The van der Waals surface area contributed by atoms with Crippen LogP contribution in [0.5, 0.6) is 0 Å². The highest BCUT2D eigenvalue weighted by molar-refractivity contribution is 6.13. The molecular formula is C41H51FN2O5. The molecule has 0 bridgehead atoms. The first-order valence-corrected chi connectivity index (χ1v) is 16.5. The van der Waals surface area contributed by atoms with Gasteiger partial charge in [-0.2, -0.15) is 0 Å². The summed E-state index contributed by atoms with van der Waals surface area (Å²) in [4.78, 5) is 26.4. The van der Waals surface area contributed by atoms with Crippen LogP contribution in [0, 0.1) is 46.3 Å². The van der Waals surface area contributed by atoms with Crippen molar-refractivity contribution in [1.29, 1.82) is 0 Å². The van der Waals surface area contributed by atoms with Crippen LogP contribution in [0.3, 0.4) is 0 Å². The Balaban J connectivity index is 2.28. The van der Waals surface area contributed by atoms with Crippen LogP contribution in [-0.4, -0.2) is 44.0 Å². The van der Waals surface area contributed by atoms with Crippen molar-refractivity contribution >= 4 is 17.6 Å². The molecule has 1 aromatic heterocycles. The second-order valence-electron chi connectivity index (χ2n) is 13.4. The maximum Gasteiger partial charge on any atom is 0.305 e. The van der Waals surface area contributed by atoms with E-state index in [1.165, 1.54) is 36.6 Å². The molecule has 49 heavy (non-hydrogen) atoms. The van der Waals surface area contributed by atoms with Gasteiger partial charge in [-0.1, -0.05) is 45.0 Å². The number of carbonyl (C=O) groups excluding carboxylic acids is 1. The third kappa shape index (κ3) is 8.31. The van der Waals surface area contributed by atoms with Gasteiger partial charge in [-0.15, -0.1) is 0 Å². The van der Waals surface area contributed by atoms with Crippen molar-refractivity contribution in [2.24, 2.45) is 5.89 Å². The zero-order valence-corrected chi connectivity index (χ0v) is 29.5. The molecule has 0 saturated heterocycles. The van der Waals surface area contributed by atoms with Crippen LogP contribution in [0.1, 0.15) is 110 Å². The maximum atomic E-state index is 15.1. The third-order valence-electron chi connectivity index (χ3n) is 9.26. The summed E-state index contributed by atoms with van der Waals surface area (Å²) in [5, 5.41) is 33.8. The SMILES string of the molecule is [2H]C([2H])([2H])C([2H])(c1c(C(=O)Nc2ccc(C)c(C)c2)c(-c2cccc(C)c2C)c(-c2ccc(F)cc2C)n1C(C)C[C@@H](O)C[C@@H](O)CC(=O)O)C([2H])(C)C. The van der Waals surface area contributed by atoms with E-state index in [-0.39, 0.29) is 35.4 Å². The van der Waals surface area contributed by atoms with Gasteiger partial charge in [-0.05, 0) is 130 Å². The number of aliphatic carboxylic acids is 1. The molecule has 262 valence electrons. The maximum absolute atomic E-state index is 15.1. The number of aliphatic hydroxyl groups is 2. The minimum Gasteiger partial charge on any atom is -0.481 e. The number of carboxylic acids is 1. The average molecular weight is 676 g/mol. The number of aliphatic hydroxyl groups excluding tert-OH is 2. The van der Waals surface area contributed by atoms with Crippen molar-refractivity contribution in [2.75, 3.05) is 5.32 Å². The highest BCUT2D eigenvalue weighted by Gasteiger charge is 2.35. The van der Waals surface area contributed by atoms with E-state index in [1.807, 2.05) is 39.8 Å². The van der Waals surface area contributed by atoms with Crippen molar-refractivity contribution in [3.63, 3.8) is 0 Å². The van der Waals surface area contributed by atoms with Crippen molar-refractivity contribution < 1.29 is 36.2 Å². The molecule has 0 saturated carbocycles. The number of halogens is 1. The lowest BCUT2D eigenvalue weighted by atomic mass is 9.87. The fourth-order valence-corrected chi connectivity index (χ4v) is 6.38. The number of nitrogens with one attached hydrogen (secondary N) is 1. The molecule has 4 rings (SSSR count). The molecule has 7 nitrogen and oxygen atoms in total. The first kappa shape index (κ1) is 30.8. The molecule has 1 amide bonds. The zero-order chi connectivity index (χ0) is 40.7. The lowest BCUT2D eigenvalue weighted by Gasteiger charge is -2.28. The summed E-state index contributed by atoms with van der Waals surface area (Å²) in [6, 6.07) is 14.0. The Morgan fingerprint density at radius 1 is 0.878 bits per heavy atom. The number of aromatic nitrogens is 1. The Morgan fingerprint density at radius 2 is 1.59 bits per heavy atom. The number of carboxylic acid groups (broad SMARTS) is 1. The number of nitrogens with zero attached hydrogens (tertiary/aromatic N) is 1. The van der Waals surface area contributed by atoms with Crippen molar-refractivity contribution in [1.82, 2.24) is 4.57 Å². The van der Waals surface area contributed by atoms with Crippen molar-refractivity contribution in [3.8, 4) is 22.4 Å². The topological polar surface area (TPSA) is 112 Å². The van der Waals surface area contributed by atoms with Gasteiger partial charge in [0, 0.05) is 35.4 Å². The Morgan fingerprint density at radius 3 is 2.20 bits per heavy atom. The number of benzene rings is 3. The van der Waals surface area contributed by atoms with Crippen LogP contribution in [0.25, 0.3) is 22.4 Å². The Kier molecular flexibility index (Phi) is 9.74. The zero-order valence-electron chi connectivity index (χ0n) is 34.5. The number of hydrogen-bond donors (Lipinski definition) is 4. The van der Waals surface area contributed by atoms with Gasteiger partial charge in [0.2, 0.25) is 0 Å². The molecule has 4 atom stereocenters. The van der Waals surface area contributed by atoms with Gasteiger partial charge in [-0.25, -0.2) is 4.39 Å². The van der Waals surface area contributed by atoms with Gasteiger partial charge in [0.05, 0.1) is 29.9 Å². The Bertz CT molecular complexity index is 2040. The minimum absolute atomic E-state index is 0.167. The highest BCUT2D eigenvalue weighted by Crippen LogP contribution is 2.48. The first-order valence-electron chi connectivity index (χ1n) is 19.0. The molecule has 3 aromatic carbocycles. The molecule has 2 unspecified atom stereocenters. The quantitative estimate of drug-likeness (QED) is 0.113. The molecule has 1 heterocycles. The van der Waals surface area contributed by atoms with E-state index in [0.29, 0.717) is 22.4 Å². The Labute approximate surface area is 296 Å². The number of carbonyl (C=O) groups is 2. The summed E-state index contributed by atoms with van der Waals surface area (Å²) in [5.41, 5.74) is 5.36. The highest BCUT2D eigenvalue weighted by atomic mass is 19.1. The molecule has 4 N–H and O–H groups in total. The smallest absolute Gasteiger partial charge is 0.305 e. The number of rotatable bonds is 13. The predicted octanol–water partition coefficient (Wildman–Crippen LogP) is 9.05. The van der Waals surface area contributed by atoms with Crippen molar-refractivity contribution in [2.45, 2.75) is 106 Å². The predicted molar refractivity (Wildman–Crippen MR) is 195 cm³/mol. The molecular weight excluding hydrogens is 619 g/mol. The lowest BCUT2D eigenvalue weighted by Crippen LogP contribution is -2.25. The fourth-order valence-electron chi connectivity index (χ4n) is 6.38. The van der Waals surface area contributed by atoms with Crippen molar-refractivity contribution in [3.05, 3.63) is 99.5 Å². The second kappa shape index (κ2) is 15.5. The molecule has 0 fully saturated rings. The standard InChI is InChI=1S/C41H51FN2O5/c1-22(2)28(8)39-38(41(49)43-31-15-13-23(3)25(5)18-31)37(35-12-10-11-24(4)29(35)9)40(34-16-14-30(42)17-26(34)6)44(39)27(7)19-32(45)20-33(46)21-36(47)48/h10-18,22,27-28,32-33,45-46H,19-21H2,1-9H3,(H,43,49)(H,47,48)/t27?,28?,32-,33-/m1/s1/i8D3,22D,28D. The van der Waals surface area contributed by atoms with E-state index in [9.17, 15) is 27.2 Å². The van der Waals surface area contributed by atoms with Gasteiger partial charge in [0.15, 0.2) is 0 Å². The van der Waals surface area contributed by atoms with Gasteiger partial charge in [0.25, 0.3) is 5.91 Å².